The second-order valence-electron chi connectivity index (χ2n) is 44.4. The Kier molecular flexibility index (Phi) is 119. The van der Waals surface area contributed by atoms with Gasteiger partial charge in [0, 0.05) is 25.0 Å². The van der Waals surface area contributed by atoms with Crippen LogP contribution >= 0.6 is 0 Å². The zero-order chi connectivity index (χ0) is 98.4. The van der Waals surface area contributed by atoms with E-state index in [9.17, 15) is 33.7 Å². The van der Waals surface area contributed by atoms with Gasteiger partial charge in [0.15, 0.2) is 0 Å². The van der Waals surface area contributed by atoms with Crippen molar-refractivity contribution in [3.63, 3.8) is 0 Å². The molecule has 0 aromatic rings. The van der Waals surface area contributed by atoms with Gasteiger partial charge >= 0.3 is 51.4 Å². The van der Waals surface area contributed by atoms with Crippen molar-refractivity contribution in [1.29, 1.82) is 0 Å². The van der Waals surface area contributed by atoms with Crippen molar-refractivity contribution >= 4 is 40.1 Å². The molecule has 4 unspecified atom stereocenters. The molecule has 0 heterocycles. The Hall–Kier alpha value is 1.84. The van der Waals surface area contributed by atoms with Gasteiger partial charge in [0.25, 0.3) is 0 Å². The van der Waals surface area contributed by atoms with E-state index in [0.717, 1.165) is 35.5 Å². The largest absolute Gasteiger partial charge is 1.00 e. The van der Waals surface area contributed by atoms with Crippen molar-refractivity contribution in [2.24, 2.45) is 35.5 Å². The zero-order valence-electron chi connectivity index (χ0n) is 94.2. The molecule has 816 valence electrons. The SMILES string of the molecule is CCCCCCCCCCCCCCCCCCC1CCC(CCCCCCCCCCCCCCCCCC)C1CCCCCCCCCCCCCCCCC.CCCCCCCCCCCCCCCCCCC1CCC(CCCCCCCCCCCCCCCCCC)C1CCCCCCCCCCCCCCCCC.CS(=O)(=O)[N-]S(C)(=O)=O.CS(=O)(=O)[N-]S(C)(=O)=O.[Br-].[K+]. The topological polar surface area (TPSA) is 165 Å². The maximum Gasteiger partial charge on any atom is 1.00 e. The first-order chi connectivity index (χ1) is 65.1. The summed E-state index contributed by atoms with van der Waals surface area (Å²) in [6.45, 7) is 13.9. The Labute approximate surface area is 911 Å². The number of nitrogens with zero attached hydrogens (tertiary/aromatic N) is 2. The standard InChI is InChI=1S/2C58H116.2C2H6NO4S2.BrH.K/c2*1-4-7-10-13-16-19-22-25-28-31-33-36-39-42-45-48-51-56-54-55-57(52-49-46-43-40-37-34-32-29-26-23-20-17-14-11-8-5-2)58(56)53-50-47-44-41-38-35-30-27-24-21-18-15-12-9-6-3;2*1-8(4,5)3-9(2,6)7;;/h2*56-58H,4-55H2,1-3H3;2*1-2H3;1H;/q;;2*-1;;+1/p-1. The van der Waals surface area contributed by atoms with E-state index in [1.54, 1.807) is 64.2 Å². The van der Waals surface area contributed by atoms with Crippen LogP contribution in [0.4, 0.5) is 0 Å². The van der Waals surface area contributed by atoms with E-state index < -0.39 is 40.1 Å². The molecule has 10 nitrogen and oxygen atoms in total. The van der Waals surface area contributed by atoms with Gasteiger partial charge in [-0.25, -0.2) is 33.7 Å². The summed E-state index contributed by atoms with van der Waals surface area (Å²) in [5.74, 6) is 6.45. The van der Waals surface area contributed by atoms with Gasteiger partial charge < -0.3 is 25.2 Å². The number of sulfonamides is 4. The molecule has 0 aromatic heterocycles. The quantitative estimate of drug-likeness (QED) is 0.0429. The fourth-order valence-electron chi connectivity index (χ4n) is 22.7. The molecule has 0 aromatic carbocycles. The van der Waals surface area contributed by atoms with Crippen molar-refractivity contribution in [1.82, 2.24) is 0 Å². The molecule has 2 aliphatic rings. The van der Waals surface area contributed by atoms with Gasteiger partial charge in [0.2, 0.25) is 0 Å². The minimum atomic E-state index is -3.74. The van der Waals surface area contributed by atoms with Crippen LogP contribution in [-0.4, -0.2) is 58.7 Å². The van der Waals surface area contributed by atoms with Crippen LogP contribution in [0.2, 0.25) is 0 Å². The van der Waals surface area contributed by atoms with Gasteiger partial charge in [-0.2, -0.15) is 0 Å². The van der Waals surface area contributed by atoms with Gasteiger partial charge in [0.1, 0.15) is 0 Å². The molecular formula is C120H244BrKN2O8S4-2. The molecule has 2 aliphatic carbocycles. The maximum atomic E-state index is 10.1. The molecule has 0 spiro atoms. The molecule has 2 rings (SSSR count). The van der Waals surface area contributed by atoms with Crippen molar-refractivity contribution in [3.8, 4) is 0 Å². The monoisotopic (exact) mass is 2090 g/mol. The molecule has 2 saturated carbocycles. The van der Waals surface area contributed by atoms with Crippen LogP contribution in [0.1, 0.15) is 709 Å². The summed E-state index contributed by atoms with van der Waals surface area (Å²) in [6, 6.07) is 0. The van der Waals surface area contributed by atoms with E-state index in [1.165, 1.54) is 604 Å². The van der Waals surface area contributed by atoms with Crippen molar-refractivity contribution < 1.29 is 102 Å². The zero-order valence-corrected chi connectivity index (χ0v) is 102. The average molecular weight is 2090 g/mol. The summed E-state index contributed by atoms with van der Waals surface area (Å²) in [4.78, 5) is 0. The second-order valence-corrected chi connectivity index (χ2v) is 51.5. The summed E-state index contributed by atoms with van der Waals surface area (Å²) in [5, 5.41) is 0. The molecule has 4 atom stereocenters. The Morgan fingerprint density at radius 2 is 0.228 bits per heavy atom. The molecule has 0 radical (unpaired) electrons. The number of rotatable bonds is 104. The third-order valence-electron chi connectivity index (χ3n) is 30.8. The first-order valence-corrected chi connectivity index (χ1v) is 68.7. The van der Waals surface area contributed by atoms with Crippen LogP contribution in [0, 0.1) is 35.5 Å². The van der Waals surface area contributed by atoms with E-state index in [0.29, 0.717) is 25.0 Å². The van der Waals surface area contributed by atoms with E-state index in [4.69, 9.17) is 0 Å². The minimum absolute atomic E-state index is 0. The average Bonchev–Trinajstić information content (AvgIpc) is 1.73. The number of unbranched alkanes of at least 4 members (excludes halogenated alkanes) is 88. The molecule has 0 bridgehead atoms. The van der Waals surface area contributed by atoms with Crippen molar-refractivity contribution in [2.75, 3.05) is 25.0 Å². The molecule has 2 fully saturated rings. The Balaban J connectivity index is -0.00000106. The third kappa shape index (κ3) is 116. The van der Waals surface area contributed by atoms with Gasteiger partial charge in [0.05, 0.1) is 40.1 Å². The first kappa shape index (κ1) is 144. The third-order valence-corrected chi connectivity index (χ3v) is 35.1. The van der Waals surface area contributed by atoms with E-state index in [2.05, 4.69) is 49.8 Å². The predicted molar refractivity (Wildman–Crippen MR) is 601 cm³/mol. The summed E-state index contributed by atoms with van der Waals surface area (Å²) in [6.07, 6.45) is 158. The van der Waals surface area contributed by atoms with Crippen LogP contribution in [0.25, 0.3) is 8.25 Å². The van der Waals surface area contributed by atoms with Crippen LogP contribution in [0.5, 0.6) is 0 Å². The fraction of sp³-hybridized carbons (Fsp3) is 1.00. The van der Waals surface area contributed by atoms with Crippen LogP contribution in [0.15, 0.2) is 0 Å². The molecule has 16 heteroatoms. The van der Waals surface area contributed by atoms with Gasteiger partial charge in [-0.3, -0.25) is 0 Å². The molecule has 0 saturated heterocycles. The Morgan fingerprint density at radius 3 is 0.309 bits per heavy atom. The summed E-state index contributed by atoms with van der Waals surface area (Å²) in [7, 11) is -15.0. The fourth-order valence-corrected chi connectivity index (χ4v) is 26.6. The first-order valence-electron chi connectivity index (χ1n) is 61.4. The van der Waals surface area contributed by atoms with E-state index in [-0.39, 0.29) is 68.4 Å². The molecule has 0 aliphatic heterocycles. The number of hydrogen-bond acceptors (Lipinski definition) is 8. The van der Waals surface area contributed by atoms with Gasteiger partial charge in [-0.15, -0.1) is 0 Å². The van der Waals surface area contributed by atoms with E-state index >= 15 is 0 Å². The molecule has 0 amide bonds. The Bertz CT molecular complexity index is 2430. The Morgan fingerprint density at radius 1 is 0.147 bits per heavy atom. The van der Waals surface area contributed by atoms with Crippen LogP contribution in [0.3, 0.4) is 0 Å². The number of hydrogen-bond donors (Lipinski definition) is 0. The van der Waals surface area contributed by atoms with Crippen molar-refractivity contribution in [2.45, 2.75) is 709 Å². The summed E-state index contributed by atoms with van der Waals surface area (Å²) in [5.41, 5.74) is 0. The van der Waals surface area contributed by atoms with Gasteiger partial charge in [-0.05, 0) is 74.0 Å². The van der Waals surface area contributed by atoms with Gasteiger partial charge in [-0.1, -0.05) is 671 Å². The number of halogens is 1. The molecule has 0 N–H and O–H groups in total. The summed E-state index contributed by atoms with van der Waals surface area (Å²) >= 11 is 0. The predicted octanol–water partition coefficient (Wildman–Crippen LogP) is 37.0. The smallest absolute Gasteiger partial charge is 1.00 e. The van der Waals surface area contributed by atoms with Crippen molar-refractivity contribution in [3.05, 3.63) is 8.25 Å². The van der Waals surface area contributed by atoms with E-state index in [1.807, 2.05) is 0 Å². The summed E-state index contributed by atoms with van der Waals surface area (Å²) < 4.78 is 85.8. The maximum absolute atomic E-state index is 10.1. The second kappa shape index (κ2) is 112. The minimum Gasteiger partial charge on any atom is -1.00 e. The van der Waals surface area contributed by atoms with Crippen LogP contribution < -0.4 is 68.4 Å². The molecule has 136 heavy (non-hydrogen) atoms. The van der Waals surface area contributed by atoms with Crippen LogP contribution in [-0.2, 0) is 40.1 Å². The molecular weight excluding hydrogens is 1840 g/mol. The normalized spacial score (nSPS) is 16.2.